The van der Waals surface area contributed by atoms with Crippen molar-refractivity contribution in [2.45, 2.75) is 76.4 Å². The number of hydrogen-bond acceptors (Lipinski definition) is 6. The van der Waals surface area contributed by atoms with Crippen LogP contribution in [0.15, 0.2) is 12.3 Å². The molecule has 32 heavy (non-hydrogen) atoms. The first-order valence-electron chi connectivity index (χ1n) is 12.4. The maximum atomic E-state index is 12.3. The quantitative estimate of drug-likeness (QED) is 0.532. The maximum Gasteiger partial charge on any atom is 0.131 e. The monoisotopic (exact) mass is 476 g/mol. The van der Waals surface area contributed by atoms with Gasteiger partial charge in [0.25, 0.3) is 0 Å². The normalized spacial score (nSPS) is 29.8. The molecule has 2 aromatic rings. The summed E-state index contributed by atoms with van der Waals surface area (Å²) < 4.78 is 24.6. The third-order valence-electron chi connectivity index (χ3n) is 8.00. The number of rotatable bonds is 7. The Kier molecular flexibility index (Phi) is 7.01. The highest BCUT2D eigenvalue weighted by atomic mass is 32.2. The van der Waals surface area contributed by atoms with Crippen LogP contribution in [0.4, 0.5) is 0 Å². The van der Waals surface area contributed by atoms with Gasteiger partial charge in [0.15, 0.2) is 0 Å². The van der Waals surface area contributed by atoms with Crippen LogP contribution in [0.5, 0.6) is 5.75 Å². The summed E-state index contributed by atoms with van der Waals surface area (Å²) in [6.45, 7) is 8.22. The Balaban J connectivity index is 1.33. The first kappa shape index (κ1) is 22.9. The van der Waals surface area contributed by atoms with Crippen LogP contribution in [0.25, 0.3) is 10.2 Å². The molecule has 1 saturated heterocycles. The minimum absolute atomic E-state index is 0.265. The molecule has 2 aromatic heterocycles. The average molecular weight is 477 g/mol. The van der Waals surface area contributed by atoms with Crippen LogP contribution in [0.1, 0.15) is 68.7 Å². The van der Waals surface area contributed by atoms with Gasteiger partial charge in [-0.05, 0) is 63.5 Å². The van der Waals surface area contributed by atoms with Crippen molar-refractivity contribution < 1.29 is 14.0 Å². The van der Waals surface area contributed by atoms with E-state index in [2.05, 4.69) is 22.9 Å². The molecule has 0 radical (unpaired) electrons. The zero-order valence-electron chi connectivity index (χ0n) is 19.4. The Morgan fingerprint density at radius 1 is 1.25 bits per heavy atom. The summed E-state index contributed by atoms with van der Waals surface area (Å²) in [4.78, 5) is 9.88. The molecule has 3 aliphatic rings. The molecule has 2 aliphatic carbocycles. The van der Waals surface area contributed by atoms with Crippen LogP contribution in [0.2, 0.25) is 0 Å². The van der Waals surface area contributed by atoms with Gasteiger partial charge in [-0.25, -0.2) is 4.98 Å². The summed E-state index contributed by atoms with van der Waals surface area (Å²) in [5.74, 6) is 2.89. The molecule has 2 atom stereocenters. The van der Waals surface area contributed by atoms with E-state index in [1.807, 2.05) is 24.5 Å². The molecule has 0 aromatic carbocycles. The molecule has 7 heteroatoms. The molecule has 1 aliphatic heterocycles. The highest BCUT2D eigenvalue weighted by Gasteiger charge is 2.40. The Hall–Kier alpha value is -0.860. The van der Waals surface area contributed by atoms with Crippen LogP contribution in [-0.4, -0.2) is 63.9 Å². The zero-order chi connectivity index (χ0) is 22.1. The molecule has 3 heterocycles. The third kappa shape index (κ3) is 4.31. The number of ether oxygens (including phenoxy) is 2. The molecular formula is C25H36N2O3S2. The standard InChI is InChI=1S/C25H36N2O3S2/c1-3-25(27-13-15-29-16-14-27)10-7-19(8-11-25)30-20-9-12-26-24-23(20)22-18(17-32(28)4-2)5-6-21(22)31-24/h9,12,18-19H,3-8,10-11,13-17H2,1-2H3/t18-,19-,25-,32+/m1/s1. The molecular weight excluding hydrogens is 440 g/mol. The fourth-order valence-corrected chi connectivity index (χ4v) is 8.37. The van der Waals surface area contributed by atoms with Gasteiger partial charge in [-0.1, -0.05) is 18.1 Å². The van der Waals surface area contributed by atoms with E-state index in [1.165, 1.54) is 35.1 Å². The second-order valence-electron chi connectivity index (χ2n) is 9.55. The highest BCUT2D eigenvalue weighted by Crippen LogP contribution is 2.47. The second kappa shape index (κ2) is 9.79. The Labute approximate surface area is 199 Å². The minimum atomic E-state index is -0.747. The fraction of sp³-hybridized carbons (Fsp3) is 0.720. The number of aromatic nitrogens is 1. The van der Waals surface area contributed by atoms with E-state index in [0.717, 1.165) is 74.1 Å². The summed E-state index contributed by atoms with van der Waals surface area (Å²) >= 11 is 1.07. The molecule has 0 unspecified atom stereocenters. The topological polar surface area (TPSA) is 57.7 Å². The van der Waals surface area contributed by atoms with Crippen molar-refractivity contribution in [1.82, 2.24) is 9.88 Å². The number of morpholine rings is 1. The minimum Gasteiger partial charge on any atom is -0.616 e. The van der Waals surface area contributed by atoms with Crippen LogP contribution in [0, 0.1) is 0 Å². The highest BCUT2D eigenvalue weighted by molar-refractivity contribution is 7.91. The van der Waals surface area contributed by atoms with Crippen molar-refractivity contribution in [3.63, 3.8) is 0 Å². The summed E-state index contributed by atoms with van der Waals surface area (Å²) in [7, 11) is 0. The van der Waals surface area contributed by atoms with Crippen molar-refractivity contribution in [1.29, 1.82) is 0 Å². The van der Waals surface area contributed by atoms with E-state index >= 15 is 0 Å². The summed E-state index contributed by atoms with van der Waals surface area (Å²) in [6.07, 6.45) is 10.2. The molecule has 0 spiro atoms. The van der Waals surface area contributed by atoms with E-state index < -0.39 is 11.2 Å². The van der Waals surface area contributed by atoms with Gasteiger partial charge in [-0.15, -0.1) is 11.3 Å². The van der Waals surface area contributed by atoms with Gasteiger partial charge < -0.3 is 14.0 Å². The van der Waals surface area contributed by atoms with Gasteiger partial charge in [0.05, 0.1) is 24.7 Å². The van der Waals surface area contributed by atoms with Gasteiger partial charge in [0.1, 0.15) is 22.1 Å². The second-order valence-corrected chi connectivity index (χ2v) is 12.4. The first-order valence-corrected chi connectivity index (χ1v) is 14.7. The van der Waals surface area contributed by atoms with Gasteiger partial charge in [0, 0.05) is 35.6 Å². The van der Waals surface area contributed by atoms with Gasteiger partial charge >= 0.3 is 0 Å². The van der Waals surface area contributed by atoms with Crippen LogP contribution >= 0.6 is 11.3 Å². The molecule has 0 amide bonds. The van der Waals surface area contributed by atoms with Gasteiger partial charge in [-0.3, -0.25) is 4.90 Å². The van der Waals surface area contributed by atoms with E-state index in [4.69, 9.17) is 9.47 Å². The molecule has 5 rings (SSSR count). The summed E-state index contributed by atoms with van der Waals surface area (Å²) in [5.41, 5.74) is 1.71. The van der Waals surface area contributed by atoms with Gasteiger partial charge in [0.2, 0.25) is 0 Å². The zero-order valence-corrected chi connectivity index (χ0v) is 21.1. The van der Waals surface area contributed by atoms with Gasteiger partial charge in [-0.2, -0.15) is 0 Å². The largest absolute Gasteiger partial charge is 0.616 e. The molecule has 176 valence electrons. The van der Waals surface area contributed by atoms with E-state index in [1.54, 1.807) is 0 Å². The Morgan fingerprint density at radius 3 is 2.75 bits per heavy atom. The molecule has 5 nitrogen and oxygen atoms in total. The molecule has 0 N–H and O–H groups in total. The molecule has 0 bridgehead atoms. The first-order chi connectivity index (χ1) is 15.6. The van der Waals surface area contributed by atoms with Crippen LogP contribution in [0.3, 0.4) is 0 Å². The Morgan fingerprint density at radius 2 is 2.03 bits per heavy atom. The van der Waals surface area contributed by atoms with Crippen molar-refractivity contribution in [3.05, 3.63) is 22.7 Å². The lowest BCUT2D eigenvalue weighted by atomic mass is 9.77. The van der Waals surface area contributed by atoms with Crippen molar-refractivity contribution in [2.75, 3.05) is 37.8 Å². The van der Waals surface area contributed by atoms with Crippen LogP contribution in [-0.2, 0) is 22.3 Å². The smallest absolute Gasteiger partial charge is 0.131 e. The van der Waals surface area contributed by atoms with Crippen molar-refractivity contribution in [3.8, 4) is 5.75 Å². The number of hydrogen-bond donors (Lipinski definition) is 0. The third-order valence-corrected chi connectivity index (χ3v) is 10.6. The van der Waals surface area contributed by atoms with Crippen LogP contribution < -0.4 is 4.74 Å². The number of pyridine rings is 1. The fourth-order valence-electron chi connectivity index (χ4n) is 6.09. The predicted molar refractivity (Wildman–Crippen MR) is 133 cm³/mol. The summed E-state index contributed by atoms with van der Waals surface area (Å²) in [5, 5.41) is 1.21. The lowest BCUT2D eigenvalue weighted by Gasteiger charge is -2.49. The summed E-state index contributed by atoms with van der Waals surface area (Å²) in [6, 6.07) is 2.06. The molecule has 2 fully saturated rings. The Bertz CT molecular complexity index is 919. The lowest BCUT2D eigenvalue weighted by molar-refractivity contribution is -0.0510. The van der Waals surface area contributed by atoms with E-state index in [9.17, 15) is 4.55 Å². The number of nitrogens with zero attached hydrogens (tertiary/aromatic N) is 2. The maximum absolute atomic E-state index is 12.3. The van der Waals surface area contributed by atoms with E-state index in [-0.39, 0.29) is 6.10 Å². The average Bonchev–Trinajstić information content (AvgIpc) is 3.40. The van der Waals surface area contributed by atoms with Crippen molar-refractivity contribution >= 4 is 32.7 Å². The lowest BCUT2D eigenvalue weighted by Crippen LogP contribution is -2.55. The number of fused-ring (bicyclic) bond motifs is 3. The van der Waals surface area contributed by atoms with Crippen molar-refractivity contribution in [2.24, 2.45) is 0 Å². The number of aryl methyl sites for hydroxylation is 1. The van der Waals surface area contributed by atoms with E-state index in [0.29, 0.717) is 11.5 Å². The number of thiophene rings is 1. The SMILES string of the molecule is CC[S@+]([O-])C[C@H]1CCc2sc3nccc(O[C@H]4CC[C@](CC)(N5CCOCC5)CC4)c3c21. The predicted octanol–water partition coefficient (Wildman–Crippen LogP) is 4.90. The molecule has 1 saturated carbocycles.